The molecule has 106 valence electrons. The second-order valence-electron chi connectivity index (χ2n) is 5.65. The molecule has 0 aliphatic heterocycles. The predicted octanol–water partition coefficient (Wildman–Crippen LogP) is 3.67. The van der Waals surface area contributed by atoms with Gasteiger partial charge < -0.3 is 10.8 Å². The zero-order valence-electron chi connectivity index (χ0n) is 12.4. The number of hydrogen-bond donors (Lipinski definition) is 2. The molecule has 2 heteroatoms. The Morgan fingerprint density at radius 2 is 1.20 bits per heavy atom. The molecule has 3 atom stereocenters. The monoisotopic (exact) mass is 269 g/mol. The van der Waals surface area contributed by atoms with Gasteiger partial charge in [0.25, 0.3) is 0 Å². The van der Waals surface area contributed by atoms with Gasteiger partial charge in [-0.3, -0.25) is 0 Å². The Balaban J connectivity index is 2.15. The molecule has 0 radical (unpaired) electrons. The Kier molecular flexibility index (Phi) is 4.58. The average Bonchev–Trinajstić information content (AvgIpc) is 2.46. The Bertz CT molecular complexity index is 493. The fourth-order valence-corrected chi connectivity index (χ4v) is 2.36. The van der Waals surface area contributed by atoms with Gasteiger partial charge in [0.05, 0.1) is 6.10 Å². The third-order valence-electron chi connectivity index (χ3n) is 3.95. The topological polar surface area (TPSA) is 46.2 Å². The number of nitrogens with two attached hydrogens (primary N) is 1. The SMILES string of the molecule is Cc1ccc([C@H](N)[C@H](C)[C@@H](O)c2ccc(C)cc2)cc1. The molecule has 0 aromatic heterocycles. The van der Waals surface area contributed by atoms with Crippen molar-refractivity contribution in [3.8, 4) is 0 Å². The van der Waals surface area contributed by atoms with E-state index >= 15 is 0 Å². The molecule has 0 bridgehead atoms. The molecule has 0 aliphatic rings. The molecule has 0 amide bonds. The minimum absolute atomic E-state index is 0.0413. The summed E-state index contributed by atoms with van der Waals surface area (Å²) in [4.78, 5) is 0. The number of rotatable bonds is 4. The van der Waals surface area contributed by atoms with Crippen LogP contribution in [0.1, 0.15) is 41.3 Å². The van der Waals surface area contributed by atoms with Gasteiger partial charge in [-0.2, -0.15) is 0 Å². The van der Waals surface area contributed by atoms with Crippen LogP contribution in [0.2, 0.25) is 0 Å². The smallest absolute Gasteiger partial charge is 0.0833 e. The molecular weight excluding hydrogens is 246 g/mol. The van der Waals surface area contributed by atoms with Crippen molar-refractivity contribution < 1.29 is 5.11 Å². The largest absolute Gasteiger partial charge is 0.388 e. The van der Waals surface area contributed by atoms with Crippen molar-refractivity contribution in [1.29, 1.82) is 0 Å². The van der Waals surface area contributed by atoms with E-state index in [1.54, 1.807) is 0 Å². The summed E-state index contributed by atoms with van der Waals surface area (Å²) in [5.41, 5.74) is 10.7. The van der Waals surface area contributed by atoms with Crippen LogP contribution in [0.15, 0.2) is 48.5 Å². The highest BCUT2D eigenvalue weighted by molar-refractivity contribution is 5.27. The van der Waals surface area contributed by atoms with Gasteiger partial charge in [-0.05, 0) is 25.0 Å². The van der Waals surface area contributed by atoms with Gasteiger partial charge >= 0.3 is 0 Å². The molecule has 0 unspecified atom stereocenters. The number of aliphatic hydroxyl groups excluding tert-OH is 1. The molecule has 0 saturated carbocycles. The zero-order chi connectivity index (χ0) is 14.7. The summed E-state index contributed by atoms with van der Waals surface area (Å²) in [5, 5.41) is 10.5. The average molecular weight is 269 g/mol. The van der Waals surface area contributed by atoms with Crippen LogP contribution in [0.25, 0.3) is 0 Å². The highest BCUT2D eigenvalue weighted by Crippen LogP contribution is 2.31. The maximum Gasteiger partial charge on any atom is 0.0833 e. The van der Waals surface area contributed by atoms with Crippen LogP contribution in [-0.4, -0.2) is 5.11 Å². The standard InChI is InChI=1S/C18H23NO/c1-12-4-8-15(9-5-12)17(19)14(3)18(20)16-10-6-13(2)7-11-16/h4-11,14,17-18,20H,19H2,1-3H3/t14-,17+,18+/m0/s1. The third kappa shape index (κ3) is 3.27. The minimum atomic E-state index is -0.549. The molecule has 20 heavy (non-hydrogen) atoms. The van der Waals surface area contributed by atoms with Crippen LogP contribution in [0.5, 0.6) is 0 Å². The highest BCUT2D eigenvalue weighted by Gasteiger charge is 2.23. The number of aryl methyl sites for hydroxylation is 2. The highest BCUT2D eigenvalue weighted by atomic mass is 16.3. The summed E-state index contributed by atoms with van der Waals surface area (Å²) in [6, 6.07) is 16.0. The van der Waals surface area contributed by atoms with Gasteiger partial charge in [-0.25, -0.2) is 0 Å². The maximum atomic E-state index is 10.5. The Hall–Kier alpha value is -1.64. The van der Waals surface area contributed by atoms with Crippen LogP contribution in [-0.2, 0) is 0 Å². The molecule has 2 aromatic carbocycles. The minimum Gasteiger partial charge on any atom is -0.388 e. The van der Waals surface area contributed by atoms with Gasteiger partial charge in [-0.15, -0.1) is 0 Å². The van der Waals surface area contributed by atoms with Crippen molar-refractivity contribution in [3.63, 3.8) is 0 Å². The van der Waals surface area contributed by atoms with Crippen LogP contribution in [0.4, 0.5) is 0 Å². The van der Waals surface area contributed by atoms with E-state index in [1.165, 1.54) is 11.1 Å². The van der Waals surface area contributed by atoms with Crippen molar-refractivity contribution in [3.05, 3.63) is 70.8 Å². The first-order chi connectivity index (χ1) is 9.49. The number of aliphatic hydroxyl groups is 1. The quantitative estimate of drug-likeness (QED) is 0.889. The normalized spacial score (nSPS) is 15.7. The molecule has 0 fully saturated rings. The fraction of sp³-hybridized carbons (Fsp3) is 0.333. The molecule has 0 aliphatic carbocycles. The number of hydrogen-bond acceptors (Lipinski definition) is 2. The lowest BCUT2D eigenvalue weighted by molar-refractivity contribution is 0.103. The van der Waals surface area contributed by atoms with Gasteiger partial charge in [-0.1, -0.05) is 66.6 Å². The van der Waals surface area contributed by atoms with E-state index in [4.69, 9.17) is 5.73 Å². The number of benzene rings is 2. The summed E-state index contributed by atoms with van der Waals surface area (Å²) in [5.74, 6) is -0.0413. The van der Waals surface area contributed by atoms with E-state index in [1.807, 2.05) is 50.2 Å². The molecular formula is C18H23NO. The second-order valence-corrected chi connectivity index (χ2v) is 5.65. The van der Waals surface area contributed by atoms with E-state index in [0.29, 0.717) is 0 Å². The Morgan fingerprint density at radius 3 is 1.65 bits per heavy atom. The molecule has 0 saturated heterocycles. The summed E-state index contributed by atoms with van der Waals surface area (Å²) >= 11 is 0. The molecule has 2 nitrogen and oxygen atoms in total. The van der Waals surface area contributed by atoms with Gasteiger partial charge in [0.1, 0.15) is 0 Å². The molecule has 3 N–H and O–H groups in total. The summed E-state index contributed by atoms with van der Waals surface area (Å²) in [6.07, 6.45) is -0.549. The van der Waals surface area contributed by atoms with Crippen LogP contribution in [0, 0.1) is 19.8 Å². The summed E-state index contributed by atoms with van der Waals surface area (Å²) < 4.78 is 0. The lowest BCUT2D eigenvalue weighted by atomic mass is 9.87. The predicted molar refractivity (Wildman–Crippen MR) is 83.4 cm³/mol. The van der Waals surface area contributed by atoms with Crippen molar-refractivity contribution in [2.24, 2.45) is 11.7 Å². The first-order valence-electron chi connectivity index (χ1n) is 7.06. The van der Waals surface area contributed by atoms with Crippen molar-refractivity contribution in [2.75, 3.05) is 0 Å². The third-order valence-corrected chi connectivity index (χ3v) is 3.95. The molecule has 0 heterocycles. The van der Waals surface area contributed by atoms with E-state index in [2.05, 4.69) is 19.1 Å². The first-order valence-corrected chi connectivity index (χ1v) is 7.06. The van der Waals surface area contributed by atoms with Crippen LogP contribution >= 0.6 is 0 Å². The van der Waals surface area contributed by atoms with Gasteiger partial charge in [0.15, 0.2) is 0 Å². The Morgan fingerprint density at radius 1 is 0.800 bits per heavy atom. The van der Waals surface area contributed by atoms with Crippen LogP contribution in [0.3, 0.4) is 0 Å². The fourth-order valence-electron chi connectivity index (χ4n) is 2.36. The van der Waals surface area contributed by atoms with Crippen molar-refractivity contribution in [1.82, 2.24) is 0 Å². The lowest BCUT2D eigenvalue weighted by Crippen LogP contribution is -2.24. The van der Waals surface area contributed by atoms with Gasteiger partial charge in [0.2, 0.25) is 0 Å². The Labute approximate surface area is 121 Å². The van der Waals surface area contributed by atoms with Crippen molar-refractivity contribution in [2.45, 2.75) is 32.9 Å². The van der Waals surface area contributed by atoms with E-state index in [-0.39, 0.29) is 12.0 Å². The summed E-state index contributed by atoms with van der Waals surface area (Å²) in [7, 11) is 0. The molecule has 2 aromatic rings. The summed E-state index contributed by atoms with van der Waals surface area (Å²) in [6.45, 7) is 6.09. The lowest BCUT2D eigenvalue weighted by Gasteiger charge is -2.26. The van der Waals surface area contributed by atoms with Crippen LogP contribution < -0.4 is 5.73 Å². The molecule has 0 spiro atoms. The van der Waals surface area contributed by atoms with E-state index < -0.39 is 6.10 Å². The van der Waals surface area contributed by atoms with E-state index in [0.717, 1.165) is 11.1 Å². The van der Waals surface area contributed by atoms with E-state index in [9.17, 15) is 5.11 Å². The van der Waals surface area contributed by atoms with Crippen molar-refractivity contribution >= 4 is 0 Å². The first kappa shape index (κ1) is 14.8. The second kappa shape index (κ2) is 6.21. The zero-order valence-corrected chi connectivity index (χ0v) is 12.4. The maximum absolute atomic E-state index is 10.5. The van der Waals surface area contributed by atoms with Gasteiger partial charge in [0, 0.05) is 12.0 Å². The molecule has 2 rings (SSSR count).